The van der Waals surface area contributed by atoms with Crippen LogP contribution in [0.5, 0.6) is 5.75 Å². The minimum absolute atomic E-state index is 0.0898. The highest BCUT2D eigenvalue weighted by Crippen LogP contribution is 2.14. The van der Waals surface area contributed by atoms with Gasteiger partial charge >= 0.3 is 12.6 Å². The molecule has 0 atom stereocenters. The molecule has 0 radical (unpaired) electrons. The molecule has 0 saturated heterocycles. The first-order valence-corrected chi connectivity index (χ1v) is 4.68. The smallest absolute Gasteiger partial charge is 0.387 e. The van der Waals surface area contributed by atoms with Gasteiger partial charge in [0.1, 0.15) is 5.75 Å². The number of carbonyl (C=O) groups is 2. The van der Waals surface area contributed by atoms with Gasteiger partial charge in [0, 0.05) is 5.56 Å². The Bertz CT molecular complexity index is 421. The second-order valence-electron chi connectivity index (χ2n) is 3.02. The van der Waals surface area contributed by atoms with Gasteiger partial charge in [0.2, 0.25) is 0 Å². The highest BCUT2D eigenvalue weighted by Gasteiger charge is 2.08. The third-order valence-electron chi connectivity index (χ3n) is 1.70. The molecule has 1 aromatic carbocycles. The largest absolute Gasteiger partial charge is 0.479 e. The Morgan fingerprint density at radius 2 is 1.89 bits per heavy atom. The molecule has 0 aliphatic heterocycles. The first-order chi connectivity index (χ1) is 8.49. The van der Waals surface area contributed by atoms with Gasteiger partial charge in [-0.2, -0.15) is 8.78 Å². The van der Waals surface area contributed by atoms with Crippen LogP contribution in [0.1, 0.15) is 10.4 Å². The third-order valence-corrected chi connectivity index (χ3v) is 1.70. The van der Waals surface area contributed by atoms with Gasteiger partial charge in [0.05, 0.1) is 0 Å². The molecule has 0 bridgehead atoms. The van der Waals surface area contributed by atoms with Crippen molar-refractivity contribution >= 4 is 11.9 Å². The number of benzene rings is 1. The van der Waals surface area contributed by atoms with E-state index in [1.807, 2.05) is 5.48 Å². The molecule has 98 valence electrons. The van der Waals surface area contributed by atoms with Crippen LogP contribution in [0.4, 0.5) is 8.78 Å². The summed E-state index contributed by atoms with van der Waals surface area (Å²) in [6, 6.07) is 4.82. The molecule has 0 spiro atoms. The van der Waals surface area contributed by atoms with Gasteiger partial charge in [-0.25, -0.2) is 10.3 Å². The van der Waals surface area contributed by atoms with Crippen molar-refractivity contribution in [2.45, 2.75) is 6.61 Å². The molecule has 1 rings (SSSR count). The average Bonchev–Trinajstić information content (AvgIpc) is 2.28. The Morgan fingerprint density at radius 1 is 1.28 bits per heavy atom. The van der Waals surface area contributed by atoms with Crippen molar-refractivity contribution in [2.75, 3.05) is 6.61 Å². The Balaban J connectivity index is 2.51. The summed E-state index contributed by atoms with van der Waals surface area (Å²) >= 11 is 0. The van der Waals surface area contributed by atoms with Crippen molar-refractivity contribution in [1.82, 2.24) is 5.48 Å². The molecule has 1 amide bonds. The van der Waals surface area contributed by atoms with Crippen LogP contribution in [0.3, 0.4) is 0 Å². The number of carbonyl (C=O) groups excluding carboxylic acids is 1. The summed E-state index contributed by atoms with van der Waals surface area (Å²) in [5.41, 5.74) is 1.99. The number of nitrogens with one attached hydrogen (secondary N) is 1. The van der Waals surface area contributed by atoms with E-state index in [-0.39, 0.29) is 11.3 Å². The maximum Gasteiger partial charge on any atom is 0.387 e. The number of halogens is 2. The first kappa shape index (κ1) is 13.8. The monoisotopic (exact) mass is 261 g/mol. The van der Waals surface area contributed by atoms with Crippen molar-refractivity contribution in [3.8, 4) is 5.75 Å². The molecular weight excluding hydrogens is 252 g/mol. The van der Waals surface area contributed by atoms with Gasteiger partial charge in [-0.15, -0.1) is 0 Å². The maximum absolute atomic E-state index is 11.8. The number of hydroxylamine groups is 1. The molecule has 1 aromatic rings. The van der Waals surface area contributed by atoms with Crippen LogP contribution in [0.15, 0.2) is 24.3 Å². The highest BCUT2D eigenvalue weighted by atomic mass is 19.3. The minimum Gasteiger partial charge on any atom is -0.479 e. The molecule has 0 unspecified atom stereocenters. The van der Waals surface area contributed by atoms with Crippen molar-refractivity contribution in [1.29, 1.82) is 0 Å². The number of hydrogen-bond donors (Lipinski definition) is 2. The van der Waals surface area contributed by atoms with Gasteiger partial charge in [-0.05, 0) is 24.3 Å². The van der Waals surface area contributed by atoms with E-state index in [4.69, 9.17) is 5.11 Å². The van der Waals surface area contributed by atoms with Gasteiger partial charge in [-0.3, -0.25) is 9.63 Å². The Hall–Kier alpha value is -2.22. The van der Waals surface area contributed by atoms with Crippen molar-refractivity contribution < 1.29 is 33.1 Å². The molecule has 18 heavy (non-hydrogen) atoms. The second kappa shape index (κ2) is 6.50. The fourth-order valence-corrected chi connectivity index (χ4v) is 1.01. The summed E-state index contributed by atoms with van der Waals surface area (Å²) in [6.07, 6.45) is 0. The van der Waals surface area contributed by atoms with E-state index in [1.165, 1.54) is 24.3 Å². The summed E-state index contributed by atoms with van der Waals surface area (Å²) in [5.74, 6) is -2.02. The number of aliphatic carboxylic acids is 1. The zero-order chi connectivity index (χ0) is 13.5. The van der Waals surface area contributed by atoms with Gasteiger partial charge in [0.25, 0.3) is 5.91 Å². The molecule has 0 aliphatic carbocycles. The van der Waals surface area contributed by atoms with E-state index in [0.29, 0.717) is 0 Å². The highest BCUT2D eigenvalue weighted by molar-refractivity contribution is 5.93. The van der Waals surface area contributed by atoms with Gasteiger partial charge < -0.3 is 9.84 Å². The fourth-order valence-electron chi connectivity index (χ4n) is 1.01. The number of carboxylic acids is 1. The Morgan fingerprint density at radius 3 is 2.39 bits per heavy atom. The van der Waals surface area contributed by atoms with Crippen LogP contribution in [0.2, 0.25) is 0 Å². The predicted molar refractivity (Wildman–Crippen MR) is 54.1 cm³/mol. The van der Waals surface area contributed by atoms with Crippen LogP contribution < -0.4 is 10.2 Å². The van der Waals surface area contributed by atoms with Crippen molar-refractivity contribution in [3.63, 3.8) is 0 Å². The van der Waals surface area contributed by atoms with Gasteiger partial charge in [-0.1, -0.05) is 0 Å². The zero-order valence-corrected chi connectivity index (χ0v) is 8.93. The van der Waals surface area contributed by atoms with Crippen LogP contribution in [-0.4, -0.2) is 30.2 Å². The van der Waals surface area contributed by atoms with E-state index in [2.05, 4.69) is 9.57 Å². The number of hydrogen-bond acceptors (Lipinski definition) is 4. The summed E-state index contributed by atoms with van der Waals surface area (Å²) in [7, 11) is 0. The van der Waals surface area contributed by atoms with Crippen molar-refractivity contribution in [2.24, 2.45) is 0 Å². The molecular formula is C10H9F2NO5. The molecule has 0 fully saturated rings. The molecule has 8 heteroatoms. The number of alkyl halides is 2. The standard InChI is InChI=1S/C10H9F2NO5/c11-10(12)18-7-3-1-6(2-4-7)9(16)13-17-5-8(14)15/h1-4,10H,5H2,(H,13,16)(H,14,15). The lowest BCUT2D eigenvalue weighted by molar-refractivity contribution is -0.144. The number of amides is 1. The first-order valence-electron chi connectivity index (χ1n) is 4.68. The quantitative estimate of drug-likeness (QED) is 0.747. The van der Waals surface area contributed by atoms with Crippen LogP contribution in [0.25, 0.3) is 0 Å². The predicted octanol–water partition coefficient (Wildman–Crippen LogP) is 1.03. The number of carboxylic acid groups (broad SMARTS) is 1. The van der Waals surface area contributed by atoms with Gasteiger partial charge in [0.15, 0.2) is 6.61 Å². The lowest BCUT2D eigenvalue weighted by Gasteiger charge is -2.06. The van der Waals surface area contributed by atoms with E-state index >= 15 is 0 Å². The third kappa shape index (κ3) is 4.74. The molecule has 0 aliphatic rings. The Kier molecular flexibility index (Phi) is 5.00. The lowest BCUT2D eigenvalue weighted by atomic mass is 10.2. The maximum atomic E-state index is 11.8. The summed E-state index contributed by atoms with van der Waals surface area (Å²) < 4.78 is 27.8. The molecule has 6 nitrogen and oxygen atoms in total. The second-order valence-corrected chi connectivity index (χ2v) is 3.02. The van der Waals surface area contributed by atoms with Crippen LogP contribution >= 0.6 is 0 Å². The molecule has 2 N–H and O–H groups in total. The minimum atomic E-state index is -2.94. The number of rotatable bonds is 6. The normalized spacial score (nSPS) is 10.2. The van der Waals surface area contributed by atoms with E-state index in [1.54, 1.807) is 0 Å². The molecule has 0 aromatic heterocycles. The summed E-state index contributed by atoms with van der Waals surface area (Å²) in [5, 5.41) is 8.25. The van der Waals surface area contributed by atoms with Crippen molar-refractivity contribution in [3.05, 3.63) is 29.8 Å². The molecule has 0 heterocycles. The Labute approximate surface area is 100 Å². The average molecular weight is 261 g/mol. The summed E-state index contributed by atoms with van der Waals surface area (Å²) in [4.78, 5) is 25.8. The van der Waals surface area contributed by atoms with E-state index in [9.17, 15) is 18.4 Å². The SMILES string of the molecule is O=C(O)CONC(=O)c1ccc(OC(F)F)cc1. The summed E-state index contributed by atoms with van der Waals surface area (Å²) in [6.45, 7) is -3.62. The topological polar surface area (TPSA) is 84.9 Å². The number of ether oxygens (including phenoxy) is 1. The molecule has 0 saturated carbocycles. The lowest BCUT2D eigenvalue weighted by Crippen LogP contribution is -2.26. The zero-order valence-electron chi connectivity index (χ0n) is 8.93. The van der Waals surface area contributed by atoms with Crippen LogP contribution in [0, 0.1) is 0 Å². The van der Waals surface area contributed by atoms with E-state index in [0.717, 1.165) is 0 Å². The van der Waals surface area contributed by atoms with E-state index < -0.39 is 25.1 Å². The van der Waals surface area contributed by atoms with Crippen LogP contribution in [-0.2, 0) is 9.63 Å². The fraction of sp³-hybridized carbons (Fsp3) is 0.200.